The van der Waals surface area contributed by atoms with Crippen LogP contribution in [0.4, 0.5) is 0 Å². The first-order valence-electron chi connectivity index (χ1n) is 7.85. The zero-order chi connectivity index (χ0) is 16.4. The highest BCUT2D eigenvalue weighted by Crippen LogP contribution is 2.47. The zero-order valence-electron chi connectivity index (χ0n) is 13.4. The van der Waals surface area contributed by atoms with Crippen molar-refractivity contribution in [2.75, 3.05) is 12.4 Å². The molecule has 0 bridgehead atoms. The Labute approximate surface area is 140 Å². The molecule has 2 amide bonds. The Morgan fingerprint density at radius 1 is 1.61 bits per heavy atom. The molecule has 3 heterocycles. The normalized spacial score (nSPS) is 26.3. The summed E-state index contributed by atoms with van der Waals surface area (Å²) in [5.74, 6) is 1.16. The second-order valence-corrected chi connectivity index (χ2v) is 7.39. The average Bonchev–Trinajstić information content (AvgIpc) is 3.03. The third-order valence-corrected chi connectivity index (χ3v) is 5.84. The first kappa shape index (κ1) is 16.1. The average molecular weight is 335 g/mol. The van der Waals surface area contributed by atoms with Gasteiger partial charge in [-0.1, -0.05) is 6.07 Å². The Kier molecular flexibility index (Phi) is 4.48. The standard InChI is InChI=1S/C16H21N3O3S/c1-3-22-15-11(5-4-8-17-15)9-18-14(21)12-10-23-16(2)7-6-13(20)19(12)16/h4-5,8,12H,3,6-7,9-10H2,1-2H3,(H,18,21). The summed E-state index contributed by atoms with van der Waals surface area (Å²) in [6, 6.07) is 3.32. The van der Waals surface area contributed by atoms with Crippen molar-refractivity contribution in [2.24, 2.45) is 0 Å². The third-order valence-electron chi connectivity index (χ3n) is 4.33. The molecular weight excluding hydrogens is 314 g/mol. The van der Waals surface area contributed by atoms with Crippen LogP contribution in [0.15, 0.2) is 18.3 Å². The highest BCUT2D eigenvalue weighted by atomic mass is 32.2. The fraction of sp³-hybridized carbons (Fsp3) is 0.562. The summed E-state index contributed by atoms with van der Waals surface area (Å²) in [6.45, 7) is 4.82. The molecule has 0 radical (unpaired) electrons. The van der Waals surface area contributed by atoms with Crippen molar-refractivity contribution in [3.63, 3.8) is 0 Å². The second kappa shape index (κ2) is 6.39. The molecule has 1 aromatic rings. The molecule has 3 rings (SSSR count). The van der Waals surface area contributed by atoms with Crippen molar-refractivity contribution in [1.29, 1.82) is 0 Å². The lowest BCUT2D eigenvalue weighted by molar-refractivity contribution is -0.138. The summed E-state index contributed by atoms with van der Waals surface area (Å²) in [5, 5.41) is 2.92. The van der Waals surface area contributed by atoms with Gasteiger partial charge in [0.1, 0.15) is 6.04 Å². The SMILES string of the molecule is CCOc1ncccc1CNC(=O)C1CSC2(C)CCC(=O)N12. The van der Waals surface area contributed by atoms with E-state index in [1.54, 1.807) is 22.9 Å². The summed E-state index contributed by atoms with van der Waals surface area (Å²) in [5.41, 5.74) is 0.837. The van der Waals surface area contributed by atoms with E-state index in [-0.39, 0.29) is 22.7 Å². The Hall–Kier alpha value is -1.76. The van der Waals surface area contributed by atoms with Gasteiger partial charge in [-0.25, -0.2) is 4.98 Å². The lowest BCUT2D eigenvalue weighted by Gasteiger charge is -2.29. The molecule has 7 heteroatoms. The number of amides is 2. The van der Waals surface area contributed by atoms with Crippen LogP contribution in [0.5, 0.6) is 5.88 Å². The van der Waals surface area contributed by atoms with Gasteiger partial charge in [0.15, 0.2) is 0 Å². The van der Waals surface area contributed by atoms with Crippen LogP contribution in [-0.2, 0) is 16.1 Å². The van der Waals surface area contributed by atoms with Crippen molar-refractivity contribution in [1.82, 2.24) is 15.2 Å². The maximum Gasteiger partial charge on any atom is 0.243 e. The summed E-state index contributed by atoms with van der Waals surface area (Å²) in [7, 11) is 0. The van der Waals surface area contributed by atoms with Crippen molar-refractivity contribution in [3.05, 3.63) is 23.9 Å². The predicted molar refractivity (Wildman–Crippen MR) is 88.0 cm³/mol. The van der Waals surface area contributed by atoms with Gasteiger partial charge in [0.2, 0.25) is 17.7 Å². The Morgan fingerprint density at radius 2 is 2.43 bits per heavy atom. The van der Waals surface area contributed by atoms with E-state index < -0.39 is 0 Å². The van der Waals surface area contributed by atoms with E-state index in [0.29, 0.717) is 31.2 Å². The van der Waals surface area contributed by atoms with Crippen LogP contribution in [0, 0.1) is 0 Å². The van der Waals surface area contributed by atoms with Crippen LogP contribution in [0.1, 0.15) is 32.3 Å². The lowest BCUT2D eigenvalue weighted by Crippen LogP contribution is -2.49. The van der Waals surface area contributed by atoms with E-state index in [0.717, 1.165) is 12.0 Å². The van der Waals surface area contributed by atoms with Crippen LogP contribution >= 0.6 is 11.8 Å². The first-order valence-corrected chi connectivity index (χ1v) is 8.84. The molecule has 1 aromatic heterocycles. The summed E-state index contributed by atoms with van der Waals surface area (Å²) in [4.78, 5) is 30.4. The highest BCUT2D eigenvalue weighted by molar-refractivity contribution is 8.01. The van der Waals surface area contributed by atoms with Crippen molar-refractivity contribution >= 4 is 23.6 Å². The topological polar surface area (TPSA) is 71.5 Å². The number of hydrogen-bond donors (Lipinski definition) is 1. The molecule has 0 aliphatic carbocycles. The predicted octanol–water partition coefficient (Wildman–Crippen LogP) is 1.55. The van der Waals surface area contributed by atoms with E-state index in [9.17, 15) is 9.59 Å². The van der Waals surface area contributed by atoms with Crippen LogP contribution in [0.25, 0.3) is 0 Å². The molecule has 2 fully saturated rings. The van der Waals surface area contributed by atoms with Crippen LogP contribution in [0.2, 0.25) is 0 Å². The van der Waals surface area contributed by atoms with E-state index in [1.165, 1.54) is 0 Å². The number of nitrogens with zero attached hydrogens (tertiary/aromatic N) is 2. The minimum absolute atomic E-state index is 0.0778. The van der Waals surface area contributed by atoms with Crippen LogP contribution in [0.3, 0.4) is 0 Å². The van der Waals surface area contributed by atoms with Crippen molar-refractivity contribution < 1.29 is 14.3 Å². The van der Waals surface area contributed by atoms with Gasteiger partial charge in [-0.2, -0.15) is 0 Å². The molecule has 0 saturated carbocycles. The van der Waals surface area contributed by atoms with Gasteiger partial charge in [0, 0.05) is 30.5 Å². The third kappa shape index (κ3) is 3.02. The molecule has 2 unspecified atom stereocenters. The number of pyridine rings is 1. The molecule has 2 saturated heterocycles. The van der Waals surface area contributed by atoms with Gasteiger partial charge in [0.25, 0.3) is 0 Å². The van der Waals surface area contributed by atoms with E-state index in [1.807, 2.05) is 26.0 Å². The van der Waals surface area contributed by atoms with Crippen LogP contribution in [-0.4, -0.2) is 45.0 Å². The number of carbonyl (C=O) groups excluding carboxylic acids is 2. The number of ether oxygens (including phenoxy) is 1. The quantitative estimate of drug-likeness (QED) is 0.884. The lowest BCUT2D eigenvalue weighted by atomic mass is 10.2. The molecule has 0 spiro atoms. The van der Waals surface area contributed by atoms with Gasteiger partial charge >= 0.3 is 0 Å². The Morgan fingerprint density at radius 3 is 3.22 bits per heavy atom. The highest BCUT2D eigenvalue weighted by Gasteiger charge is 2.52. The van der Waals surface area contributed by atoms with Crippen LogP contribution < -0.4 is 10.1 Å². The number of rotatable bonds is 5. The van der Waals surface area contributed by atoms with Gasteiger partial charge in [-0.05, 0) is 26.3 Å². The fourth-order valence-electron chi connectivity index (χ4n) is 3.14. The molecular formula is C16H21N3O3S. The molecule has 0 aromatic carbocycles. The van der Waals surface area contributed by atoms with E-state index >= 15 is 0 Å². The van der Waals surface area contributed by atoms with Crippen molar-refractivity contribution in [2.45, 2.75) is 44.1 Å². The van der Waals surface area contributed by atoms with Gasteiger partial charge in [0.05, 0.1) is 11.5 Å². The smallest absolute Gasteiger partial charge is 0.243 e. The molecule has 2 aliphatic rings. The number of carbonyl (C=O) groups is 2. The van der Waals surface area contributed by atoms with Gasteiger partial charge in [-0.15, -0.1) is 11.8 Å². The largest absolute Gasteiger partial charge is 0.478 e. The maximum absolute atomic E-state index is 12.5. The van der Waals surface area contributed by atoms with Gasteiger partial charge in [-0.3, -0.25) is 9.59 Å². The number of nitrogens with one attached hydrogen (secondary N) is 1. The maximum atomic E-state index is 12.5. The number of aromatic nitrogens is 1. The summed E-state index contributed by atoms with van der Waals surface area (Å²) in [6.07, 6.45) is 3.01. The second-order valence-electron chi connectivity index (χ2n) is 5.88. The molecule has 2 aliphatic heterocycles. The zero-order valence-corrected chi connectivity index (χ0v) is 14.2. The monoisotopic (exact) mass is 335 g/mol. The van der Waals surface area contributed by atoms with E-state index in [2.05, 4.69) is 10.3 Å². The molecule has 2 atom stereocenters. The minimum atomic E-state index is -0.382. The number of fused-ring (bicyclic) bond motifs is 1. The molecule has 23 heavy (non-hydrogen) atoms. The molecule has 124 valence electrons. The molecule has 6 nitrogen and oxygen atoms in total. The van der Waals surface area contributed by atoms with Gasteiger partial charge < -0.3 is 15.0 Å². The Balaban J connectivity index is 1.65. The first-order chi connectivity index (χ1) is 11.0. The number of hydrogen-bond acceptors (Lipinski definition) is 5. The van der Waals surface area contributed by atoms with Crippen molar-refractivity contribution in [3.8, 4) is 5.88 Å². The minimum Gasteiger partial charge on any atom is -0.478 e. The summed E-state index contributed by atoms with van der Waals surface area (Å²) >= 11 is 1.70. The number of thioether (sulfide) groups is 1. The summed E-state index contributed by atoms with van der Waals surface area (Å²) < 4.78 is 5.47. The molecule has 1 N–H and O–H groups in total. The van der Waals surface area contributed by atoms with E-state index in [4.69, 9.17) is 4.74 Å². The fourth-order valence-corrected chi connectivity index (χ4v) is 4.57. The Bertz CT molecular complexity index is 624.